The number of fused-ring (bicyclic) bond motifs is 1. The fourth-order valence-corrected chi connectivity index (χ4v) is 6.13. The molecular formula is C22H19BCl3NO. The Morgan fingerprint density at radius 3 is 2.29 bits per heavy atom. The Morgan fingerprint density at radius 2 is 1.64 bits per heavy atom. The fourth-order valence-electron chi connectivity index (χ4n) is 5.46. The van der Waals surface area contributed by atoms with E-state index in [1.807, 2.05) is 43.3 Å². The molecule has 0 spiro atoms. The summed E-state index contributed by atoms with van der Waals surface area (Å²) in [5.41, 5.74) is 2.32. The zero-order valence-electron chi connectivity index (χ0n) is 15.4. The van der Waals surface area contributed by atoms with Gasteiger partial charge < -0.3 is 4.79 Å². The van der Waals surface area contributed by atoms with Crippen molar-refractivity contribution in [3.05, 3.63) is 68.7 Å². The largest absolute Gasteiger partial charge is 0.347 e. The van der Waals surface area contributed by atoms with Gasteiger partial charge in [-0.05, 0) is 71.8 Å². The molecule has 4 rings (SSSR count). The van der Waals surface area contributed by atoms with Gasteiger partial charge in [0.25, 0.3) is 0 Å². The Hall–Kier alpha value is -1.47. The zero-order chi connectivity index (χ0) is 20.0. The minimum Gasteiger partial charge on any atom is -0.309 e. The van der Waals surface area contributed by atoms with E-state index in [0.717, 1.165) is 24.0 Å². The molecule has 1 heterocycles. The highest BCUT2D eigenvalue weighted by molar-refractivity contribution is 6.97. The van der Waals surface area contributed by atoms with Crippen molar-refractivity contribution in [2.24, 2.45) is 11.8 Å². The maximum atomic E-state index is 12.9. The lowest BCUT2D eigenvalue weighted by atomic mass is 9.42. The Morgan fingerprint density at radius 1 is 1.00 bits per heavy atom. The Bertz CT molecular complexity index is 955. The second-order valence-corrected chi connectivity index (χ2v) is 9.26. The molecule has 0 radical (unpaired) electrons. The summed E-state index contributed by atoms with van der Waals surface area (Å²) in [4.78, 5) is 12.9. The second-order valence-electron chi connectivity index (χ2n) is 7.98. The first-order valence-corrected chi connectivity index (χ1v) is 10.7. The highest BCUT2D eigenvalue weighted by atomic mass is 35.5. The van der Waals surface area contributed by atoms with Crippen molar-refractivity contribution >= 4 is 47.2 Å². The van der Waals surface area contributed by atoms with Gasteiger partial charge in [0.05, 0.1) is 0 Å². The quantitative estimate of drug-likeness (QED) is 0.503. The first kappa shape index (κ1) is 19.8. The average molecular weight is 431 g/mol. The van der Waals surface area contributed by atoms with Gasteiger partial charge in [-0.3, -0.25) is 0 Å². The van der Waals surface area contributed by atoms with Crippen LogP contribution in [0.1, 0.15) is 42.7 Å². The standard InChI is InChI=1S/C22H19BCl3NO/c1-12-20-18(22(28)23(12)11-27)9-8-17(16-7-6-15(25)10-19(16)26)21(20)13-2-4-14(24)5-3-13/h2-7,10,12,17-18,20-21H,8-9H2,1H3. The van der Waals surface area contributed by atoms with Gasteiger partial charge in [0.2, 0.25) is 0 Å². The molecule has 1 aliphatic heterocycles. The van der Waals surface area contributed by atoms with Crippen LogP contribution in [-0.4, -0.2) is 12.4 Å². The summed E-state index contributed by atoms with van der Waals surface area (Å²) in [6, 6.07) is 13.5. The molecule has 142 valence electrons. The number of carbonyl (C=O) groups excluding carboxylic acids is 1. The van der Waals surface area contributed by atoms with E-state index < -0.39 is 6.71 Å². The van der Waals surface area contributed by atoms with Crippen molar-refractivity contribution in [2.75, 3.05) is 0 Å². The molecule has 6 heteroatoms. The molecule has 1 saturated heterocycles. The molecule has 2 fully saturated rings. The summed E-state index contributed by atoms with van der Waals surface area (Å²) in [7, 11) is 0. The lowest BCUT2D eigenvalue weighted by Gasteiger charge is -2.42. The molecule has 0 aromatic heterocycles. The van der Waals surface area contributed by atoms with E-state index >= 15 is 0 Å². The lowest BCUT2D eigenvalue weighted by Crippen LogP contribution is -2.32. The third-order valence-corrected chi connectivity index (χ3v) is 7.48. The minimum absolute atomic E-state index is 0.0112. The van der Waals surface area contributed by atoms with Crippen molar-refractivity contribution in [1.29, 1.82) is 5.26 Å². The number of halogens is 3. The van der Waals surface area contributed by atoms with Crippen LogP contribution in [0, 0.1) is 23.1 Å². The summed E-state index contributed by atoms with van der Waals surface area (Å²) in [6.45, 7) is 1.52. The topological polar surface area (TPSA) is 40.9 Å². The number of rotatable bonds is 2. The number of hydrogen-bond acceptors (Lipinski definition) is 2. The normalized spacial score (nSPS) is 29.5. The molecule has 1 saturated carbocycles. The van der Waals surface area contributed by atoms with E-state index in [4.69, 9.17) is 34.8 Å². The van der Waals surface area contributed by atoms with E-state index in [9.17, 15) is 10.1 Å². The van der Waals surface area contributed by atoms with Crippen molar-refractivity contribution in [2.45, 2.75) is 37.4 Å². The molecule has 1 aliphatic carbocycles. The van der Waals surface area contributed by atoms with Crippen LogP contribution >= 0.6 is 34.8 Å². The lowest BCUT2D eigenvalue weighted by molar-refractivity contribution is -0.117. The van der Waals surface area contributed by atoms with E-state index in [1.165, 1.54) is 0 Å². The van der Waals surface area contributed by atoms with Gasteiger partial charge in [-0.15, -0.1) is 0 Å². The molecule has 5 unspecified atom stereocenters. The number of nitrogens with zero attached hydrogens (tertiary/aromatic N) is 1. The summed E-state index contributed by atoms with van der Waals surface area (Å²) in [5, 5.41) is 11.5. The summed E-state index contributed by atoms with van der Waals surface area (Å²) < 4.78 is 0. The van der Waals surface area contributed by atoms with E-state index in [1.54, 1.807) is 6.07 Å². The Balaban J connectivity index is 1.84. The number of benzene rings is 2. The molecule has 2 aromatic carbocycles. The molecule has 0 amide bonds. The third kappa shape index (κ3) is 3.26. The van der Waals surface area contributed by atoms with Crippen LogP contribution < -0.4 is 0 Å². The van der Waals surface area contributed by atoms with Crippen LogP contribution in [0.25, 0.3) is 0 Å². The summed E-state index contributed by atoms with van der Waals surface area (Å²) in [5.74, 6) is 2.59. The van der Waals surface area contributed by atoms with Gasteiger partial charge in [-0.2, -0.15) is 0 Å². The fraction of sp³-hybridized carbons (Fsp3) is 0.364. The van der Waals surface area contributed by atoms with Crippen LogP contribution in [0.5, 0.6) is 0 Å². The predicted octanol–water partition coefficient (Wildman–Crippen LogP) is 6.61. The molecule has 2 aromatic rings. The van der Waals surface area contributed by atoms with Crippen LogP contribution in [-0.2, 0) is 4.79 Å². The maximum Gasteiger partial charge on any atom is 0.347 e. The van der Waals surface area contributed by atoms with Crippen molar-refractivity contribution in [3.8, 4) is 5.97 Å². The SMILES string of the molecule is CC1B(C#N)C(=O)C2CCC(c3ccc(Cl)cc3Cl)C(c3ccc(Cl)cc3)C12. The summed E-state index contributed by atoms with van der Waals surface area (Å²) >= 11 is 18.8. The van der Waals surface area contributed by atoms with E-state index in [2.05, 4.69) is 5.97 Å². The molecule has 2 aliphatic rings. The minimum atomic E-state index is -0.524. The van der Waals surface area contributed by atoms with E-state index in [0.29, 0.717) is 15.1 Å². The molecule has 2 nitrogen and oxygen atoms in total. The van der Waals surface area contributed by atoms with Crippen LogP contribution in [0.2, 0.25) is 20.9 Å². The number of nitriles is 1. The molecule has 5 atom stereocenters. The van der Waals surface area contributed by atoms with Gasteiger partial charge >= 0.3 is 6.71 Å². The highest BCUT2D eigenvalue weighted by Crippen LogP contribution is 2.58. The Kier molecular flexibility index (Phi) is 5.49. The monoisotopic (exact) mass is 429 g/mol. The van der Waals surface area contributed by atoms with Crippen LogP contribution in [0.3, 0.4) is 0 Å². The maximum absolute atomic E-state index is 12.9. The van der Waals surface area contributed by atoms with E-state index in [-0.39, 0.29) is 35.2 Å². The first-order chi connectivity index (χ1) is 13.4. The number of carbonyl (C=O) groups is 1. The Labute approximate surface area is 180 Å². The molecule has 0 N–H and O–H groups in total. The molecular weight excluding hydrogens is 411 g/mol. The van der Waals surface area contributed by atoms with Crippen molar-refractivity contribution < 1.29 is 4.79 Å². The summed E-state index contributed by atoms with van der Waals surface area (Å²) in [6.07, 6.45) is 1.64. The van der Waals surface area contributed by atoms with Gasteiger partial charge in [-0.25, -0.2) is 5.26 Å². The third-order valence-electron chi connectivity index (χ3n) is 6.66. The zero-order valence-corrected chi connectivity index (χ0v) is 17.7. The highest BCUT2D eigenvalue weighted by Gasteiger charge is 2.56. The van der Waals surface area contributed by atoms with Gasteiger partial charge in [0.15, 0.2) is 0 Å². The van der Waals surface area contributed by atoms with Crippen LogP contribution in [0.4, 0.5) is 0 Å². The predicted molar refractivity (Wildman–Crippen MR) is 115 cm³/mol. The van der Waals surface area contributed by atoms with Crippen LogP contribution in [0.15, 0.2) is 42.5 Å². The van der Waals surface area contributed by atoms with Crippen molar-refractivity contribution in [3.63, 3.8) is 0 Å². The smallest absolute Gasteiger partial charge is 0.309 e. The molecule has 0 bridgehead atoms. The number of hydrogen-bond donors (Lipinski definition) is 0. The first-order valence-electron chi connectivity index (χ1n) is 9.56. The second kappa shape index (κ2) is 7.75. The van der Waals surface area contributed by atoms with Gasteiger partial charge in [0.1, 0.15) is 5.68 Å². The molecule has 28 heavy (non-hydrogen) atoms. The van der Waals surface area contributed by atoms with Crippen molar-refractivity contribution in [1.82, 2.24) is 0 Å². The van der Waals surface area contributed by atoms with Gasteiger partial charge in [0, 0.05) is 27.0 Å². The average Bonchev–Trinajstić information content (AvgIpc) is 2.92. The van der Waals surface area contributed by atoms with Gasteiger partial charge in [-0.1, -0.05) is 59.9 Å².